The van der Waals surface area contributed by atoms with E-state index in [1.807, 2.05) is 19.1 Å². The Labute approximate surface area is 161 Å². The fraction of sp³-hybridized carbons (Fsp3) is 0.400. The summed E-state index contributed by atoms with van der Waals surface area (Å²) >= 11 is 0. The van der Waals surface area contributed by atoms with Gasteiger partial charge in [-0.05, 0) is 35.7 Å². The highest BCUT2D eigenvalue weighted by Crippen LogP contribution is 2.24. The largest absolute Gasteiger partial charge is 0.371 e. The van der Waals surface area contributed by atoms with Crippen molar-refractivity contribution in [3.8, 4) is 0 Å². The summed E-state index contributed by atoms with van der Waals surface area (Å²) in [6.45, 7) is 5.03. The van der Waals surface area contributed by atoms with Crippen molar-refractivity contribution in [2.24, 2.45) is 0 Å². The van der Waals surface area contributed by atoms with Gasteiger partial charge >= 0.3 is 0 Å². The lowest BCUT2D eigenvalue weighted by Gasteiger charge is -2.33. The number of morpholine rings is 1. The van der Waals surface area contributed by atoms with Gasteiger partial charge in [0.1, 0.15) is 5.82 Å². The van der Waals surface area contributed by atoms with Gasteiger partial charge in [-0.1, -0.05) is 36.4 Å². The molecule has 1 heterocycles. The lowest BCUT2D eigenvalue weighted by Crippen LogP contribution is -2.37. The first-order chi connectivity index (χ1) is 13.0. The highest BCUT2D eigenvalue weighted by atomic mass is 32.2. The maximum Gasteiger partial charge on any atom is 0.153 e. The quantitative estimate of drug-likeness (QED) is 0.710. The monoisotopic (exact) mass is 392 g/mol. The molecule has 1 saturated heterocycles. The molecule has 1 fully saturated rings. The van der Waals surface area contributed by atoms with Gasteiger partial charge in [-0.25, -0.2) is 12.8 Å². The fourth-order valence-electron chi connectivity index (χ4n) is 3.22. The van der Waals surface area contributed by atoms with Crippen molar-refractivity contribution in [2.45, 2.75) is 25.6 Å². The Morgan fingerprint density at radius 1 is 1.19 bits per heavy atom. The van der Waals surface area contributed by atoms with E-state index in [-0.39, 0.29) is 23.8 Å². The molecule has 5 nitrogen and oxygen atoms in total. The van der Waals surface area contributed by atoms with E-state index < -0.39 is 10.7 Å². The molecule has 3 rings (SSSR count). The minimum Gasteiger partial charge on any atom is -0.371 e. The predicted octanol–water partition coefficient (Wildman–Crippen LogP) is 2.62. The average molecular weight is 392 g/mol. The predicted molar refractivity (Wildman–Crippen MR) is 104 cm³/mol. The van der Waals surface area contributed by atoms with Gasteiger partial charge in [-0.15, -0.1) is 0 Å². The first-order valence-electron chi connectivity index (χ1n) is 9.04. The number of nitrogens with one attached hydrogen (secondary N) is 1. The SMILES string of the molecule is C[C@@H](NC[SH](=O)=O)c1ccc(CN2CCO[C@@H](c3ccc(F)cc3)C2)cc1. The molecule has 0 aliphatic carbocycles. The molecular weight excluding hydrogens is 367 g/mol. The highest BCUT2D eigenvalue weighted by Gasteiger charge is 2.22. The Bertz CT molecular complexity index is 801. The molecule has 0 aromatic heterocycles. The second kappa shape index (κ2) is 9.41. The zero-order chi connectivity index (χ0) is 19.2. The van der Waals surface area contributed by atoms with Gasteiger partial charge in [-0.2, -0.15) is 0 Å². The molecule has 7 heteroatoms. The highest BCUT2D eigenvalue weighted by molar-refractivity contribution is 7.72. The van der Waals surface area contributed by atoms with Crippen LogP contribution >= 0.6 is 0 Å². The Kier molecular flexibility index (Phi) is 6.95. The van der Waals surface area contributed by atoms with Crippen LogP contribution < -0.4 is 5.32 Å². The standard InChI is InChI=1S/C20H25FN2O3S/c1-15(22-14-27(24)25)17-4-2-16(3-5-17)12-23-10-11-26-20(13-23)18-6-8-19(21)9-7-18/h2-9,15,20,22,27H,10-14H2,1H3/t15-,20-/m1/s1. The van der Waals surface area contributed by atoms with Crippen molar-refractivity contribution in [3.05, 3.63) is 71.0 Å². The van der Waals surface area contributed by atoms with Crippen molar-refractivity contribution in [1.29, 1.82) is 0 Å². The van der Waals surface area contributed by atoms with Crippen LogP contribution in [0.25, 0.3) is 0 Å². The molecule has 0 radical (unpaired) electrons. The number of benzene rings is 2. The number of thiol groups is 1. The van der Waals surface area contributed by atoms with Crippen LogP contribution in [0.2, 0.25) is 0 Å². The summed E-state index contributed by atoms with van der Waals surface area (Å²) in [5, 5.41) is 2.98. The van der Waals surface area contributed by atoms with E-state index in [9.17, 15) is 12.8 Å². The van der Waals surface area contributed by atoms with Gasteiger partial charge in [0, 0.05) is 25.7 Å². The first-order valence-corrected chi connectivity index (χ1v) is 10.4. The van der Waals surface area contributed by atoms with Gasteiger partial charge in [0.15, 0.2) is 10.7 Å². The lowest BCUT2D eigenvalue weighted by atomic mass is 10.0. The third-order valence-corrected chi connectivity index (χ3v) is 5.25. The van der Waals surface area contributed by atoms with E-state index in [1.165, 1.54) is 17.7 Å². The van der Waals surface area contributed by atoms with E-state index in [2.05, 4.69) is 22.3 Å². The average Bonchev–Trinajstić information content (AvgIpc) is 2.67. The van der Waals surface area contributed by atoms with Gasteiger partial charge in [-0.3, -0.25) is 10.2 Å². The number of nitrogens with zero attached hydrogens (tertiary/aromatic N) is 1. The normalized spacial score (nSPS) is 19.3. The van der Waals surface area contributed by atoms with Crippen LogP contribution in [0.4, 0.5) is 4.39 Å². The topological polar surface area (TPSA) is 58.6 Å². The Morgan fingerprint density at radius 3 is 2.56 bits per heavy atom. The van der Waals surface area contributed by atoms with Crippen molar-refractivity contribution in [1.82, 2.24) is 10.2 Å². The molecule has 1 aliphatic heterocycles. The summed E-state index contributed by atoms with van der Waals surface area (Å²) in [5.74, 6) is -0.256. The van der Waals surface area contributed by atoms with Crippen LogP contribution in [0.1, 0.15) is 35.8 Å². The molecule has 27 heavy (non-hydrogen) atoms. The molecule has 0 bridgehead atoms. The van der Waals surface area contributed by atoms with Crippen molar-refractivity contribution in [3.63, 3.8) is 0 Å². The minimum atomic E-state index is -2.42. The third kappa shape index (κ3) is 5.84. The molecule has 0 amide bonds. The van der Waals surface area contributed by atoms with Crippen LogP contribution in [0, 0.1) is 5.82 Å². The number of rotatable bonds is 7. The van der Waals surface area contributed by atoms with Gasteiger partial charge in [0.05, 0.1) is 18.6 Å². The van der Waals surface area contributed by atoms with E-state index >= 15 is 0 Å². The smallest absolute Gasteiger partial charge is 0.153 e. The summed E-state index contributed by atoms with van der Waals surface area (Å²) in [6.07, 6.45) is -0.0445. The van der Waals surface area contributed by atoms with E-state index in [4.69, 9.17) is 4.74 Å². The number of hydrogen-bond donors (Lipinski definition) is 2. The molecule has 0 spiro atoms. The molecule has 146 valence electrons. The van der Waals surface area contributed by atoms with Crippen molar-refractivity contribution in [2.75, 3.05) is 25.6 Å². The molecule has 0 saturated carbocycles. The zero-order valence-electron chi connectivity index (χ0n) is 15.3. The molecule has 2 atom stereocenters. The third-order valence-electron chi connectivity index (χ3n) is 4.80. The molecular formula is C20H25FN2O3S. The van der Waals surface area contributed by atoms with E-state index in [1.54, 1.807) is 12.1 Å². The van der Waals surface area contributed by atoms with Gasteiger partial charge in [0.25, 0.3) is 0 Å². The summed E-state index contributed by atoms with van der Waals surface area (Å²) in [5.41, 5.74) is 3.25. The molecule has 0 unspecified atom stereocenters. The van der Waals surface area contributed by atoms with Gasteiger partial charge in [0.2, 0.25) is 0 Å². The maximum absolute atomic E-state index is 13.1. The summed E-state index contributed by atoms with van der Waals surface area (Å²) in [6, 6.07) is 14.7. The molecule has 1 aliphatic rings. The Morgan fingerprint density at radius 2 is 1.89 bits per heavy atom. The zero-order valence-corrected chi connectivity index (χ0v) is 16.2. The van der Waals surface area contributed by atoms with Crippen LogP contribution in [-0.4, -0.2) is 38.9 Å². The van der Waals surface area contributed by atoms with E-state index in [0.717, 1.165) is 30.8 Å². The Hall–Kier alpha value is -1.80. The Balaban J connectivity index is 1.57. The van der Waals surface area contributed by atoms with Crippen LogP contribution in [-0.2, 0) is 22.0 Å². The molecule has 2 aromatic carbocycles. The summed E-state index contributed by atoms with van der Waals surface area (Å²) in [4.78, 5) is 2.33. The van der Waals surface area contributed by atoms with Gasteiger partial charge < -0.3 is 4.74 Å². The molecule has 1 N–H and O–H groups in total. The number of hydrogen-bond acceptors (Lipinski definition) is 5. The van der Waals surface area contributed by atoms with Crippen LogP contribution in [0.5, 0.6) is 0 Å². The minimum absolute atomic E-state index is 0.0156. The second-order valence-corrected chi connectivity index (χ2v) is 7.79. The first kappa shape index (κ1) is 19.9. The van der Waals surface area contributed by atoms with Crippen molar-refractivity contribution < 1.29 is 17.5 Å². The lowest BCUT2D eigenvalue weighted by molar-refractivity contribution is -0.0329. The maximum atomic E-state index is 13.1. The number of halogens is 1. The van der Waals surface area contributed by atoms with Crippen molar-refractivity contribution >= 4 is 10.7 Å². The van der Waals surface area contributed by atoms with Crippen LogP contribution in [0.15, 0.2) is 48.5 Å². The molecule has 2 aromatic rings. The van der Waals surface area contributed by atoms with Crippen LogP contribution in [0.3, 0.4) is 0 Å². The summed E-state index contributed by atoms with van der Waals surface area (Å²) < 4.78 is 40.3. The fourth-order valence-corrected chi connectivity index (χ4v) is 3.65. The number of ether oxygens (including phenoxy) is 1. The van der Waals surface area contributed by atoms with E-state index in [0.29, 0.717) is 6.61 Å². The second-order valence-electron chi connectivity index (χ2n) is 6.80. The summed E-state index contributed by atoms with van der Waals surface area (Å²) in [7, 11) is -2.42.